The van der Waals surface area contributed by atoms with Gasteiger partial charge in [0.2, 0.25) is 5.91 Å². The molecule has 1 fully saturated rings. The molecule has 0 bridgehead atoms. The van der Waals surface area contributed by atoms with Crippen LogP contribution < -0.4 is 10.2 Å². The Labute approximate surface area is 151 Å². The van der Waals surface area contributed by atoms with Crippen LogP contribution in [0.3, 0.4) is 0 Å². The Hall–Kier alpha value is -3.09. The number of H-pyrrole nitrogens is 1. The highest BCUT2D eigenvalue weighted by atomic mass is 16.5. The molecule has 2 amide bonds. The summed E-state index contributed by atoms with van der Waals surface area (Å²) >= 11 is 0. The van der Waals surface area contributed by atoms with Crippen LogP contribution in [0.1, 0.15) is 44.9 Å². The fourth-order valence-electron chi connectivity index (χ4n) is 3.25. The van der Waals surface area contributed by atoms with Gasteiger partial charge in [0.15, 0.2) is 0 Å². The maximum atomic E-state index is 12.6. The van der Waals surface area contributed by atoms with E-state index >= 15 is 0 Å². The zero-order chi connectivity index (χ0) is 18.8. The van der Waals surface area contributed by atoms with Crippen molar-refractivity contribution in [1.29, 1.82) is 0 Å². The fourth-order valence-corrected chi connectivity index (χ4v) is 3.25. The Morgan fingerprint density at radius 2 is 2.04 bits per heavy atom. The highest BCUT2D eigenvalue weighted by molar-refractivity contribution is 6.07. The molecule has 0 aliphatic carbocycles. The Kier molecular flexibility index (Phi) is 4.79. The summed E-state index contributed by atoms with van der Waals surface area (Å²) in [6.07, 6.45) is 1.39. The SMILES string of the molecule is COC(=O)c1c(C)[nH]c(C(=O)Nc2cccc(N3CCCC3=O)c2)c1C. The molecule has 2 aromatic rings. The maximum Gasteiger partial charge on any atom is 0.339 e. The summed E-state index contributed by atoms with van der Waals surface area (Å²) in [5.41, 5.74) is 3.15. The lowest BCUT2D eigenvalue weighted by Gasteiger charge is -2.16. The molecule has 2 heterocycles. The van der Waals surface area contributed by atoms with E-state index in [9.17, 15) is 14.4 Å². The third kappa shape index (κ3) is 3.20. The van der Waals surface area contributed by atoms with E-state index < -0.39 is 5.97 Å². The number of rotatable bonds is 4. The van der Waals surface area contributed by atoms with Gasteiger partial charge in [-0.05, 0) is 44.0 Å². The number of ether oxygens (including phenoxy) is 1. The van der Waals surface area contributed by atoms with Gasteiger partial charge < -0.3 is 19.9 Å². The van der Waals surface area contributed by atoms with Crippen LogP contribution in [-0.2, 0) is 9.53 Å². The van der Waals surface area contributed by atoms with Gasteiger partial charge >= 0.3 is 5.97 Å². The normalized spacial score (nSPS) is 13.8. The predicted molar refractivity (Wildman–Crippen MR) is 97.6 cm³/mol. The third-order valence-corrected chi connectivity index (χ3v) is 4.54. The summed E-state index contributed by atoms with van der Waals surface area (Å²) in [5.74, 6) is -0.748. The molecule has 1 aliphatic rings. The van der Waals surface area contributed by atoms with E-state index in [-0.39, 0.29) is 11.8 Å². The second-order valence-corrected chi connectivity index (χ2v) is 6.27. The smallest absolute Gasteiger partial charge is 0.339 e. The second kappa shape index (κ2) is 7.03. The first-order chi connectivity index (χ1) is 12.4. The molecule has 0 saturated carbocycles. The summed E-state index contributed by atoms with van der Waals surface area (Å²) in [6, 6.07) is 7.17. The van der Waals surface area contributed by atoms with Crippen molar-refractivity contribution in [2.24, 2.45) is 0 Å². The number of aromatic amines is 1. The number of hydrogen-bond donors (Lipinski definition) is 2. The van der Waals surface area contributed by atoms with E-state index in [4.69, 9.17) is 4.74 Å². The van der Waals surface area contributed by atoms with Crippen molar-refractivity contribution in [2.45, 2.75) is 26.7 Å². The van der Waals surface area contributed by atoms with Crippen LogP contribution in [0.5, 0.6) is 0 Å². The Bertz CT molecular complexity index is 885. The van der Waals surface area contributed by atoms with E-state index in [0.717, 1.165) is 12.1 Å². The van der Waals surface area contributed by atoms with Gasteiger partial charge in [-0.2, -0.15) is 0 Å². The lowest BCUT2D eigenvalue weighted by Crippen LogP contribution is -2.23. The van der Waals surface area contributed by atoms with Crippen LogP contribution in [0.15, 0.2) is 24.3 Å². The molecule has 7 nitrogen and oxygen atoms in total. The van der Waals surface area contributed by atoms with Crippen molar-refractivity contribution in [2.75, 3.05) is 23.9 Å². The van der Waals surface area contributed by atoms with E-state index in [1.54, 1.807) is 36.9 Å². The first-order valence-corrected chi connectivity index (χ1v) is 8.41. The van der Waals surface area contributed by atoms with Crippen molar-refractivity contribution < 1.29 is 19.1 Å². The summed E-state index contributed by atoms with van der Waals surface area (Å²) in [7, 11) is 1.30. The van der Waals surface area contributed by atoms with Crippen LogP contribution in [0.4, 0.5) is 11.4 Å². The predicted octanol–water partition coefficient (Wildman–Crippen LogP) is 2.80. The van der Waals surface area contributed by atoms with Crippen molar-refractivity contribution in [3.05, 3.63) is 46.8 Å². The van der Waals surface area contributed by atoms with Crippen LogP contribution >= 0.6 is 0 Å². The number of carbonyl (C=O) groups excluding carboxylic acids is 3. The number of methoxy groups -OCH3 is 1. The summed E-state index contributed by atoms with van der Waals surface area (Å²) in [6.45, 7) is 4.10. The molecule has 3 rings (SSSR count). The average Bonchev–Trinajstić information content (AvgIpc) is 3.17. The van der Waals surface area contributed by atoms with E-state index in [1.807, 2.05) is 6.07 Å². The van der Waals surface area contributed by atoms with Crippen LogP contribution in [0, 0.1) is 13.8 Å². The highest BCUT2D eigenvalue weighted by Crippen LogP contribution is 2.25. The van der Waals surface area contributed by atoms with Gasteiger partial charge in [0.25, 0.3) is 5.91 Å². The van der Waals surface area contributed by atoms with Crippen molar-refractivity contribution in [1.82, 2.24) is 4.98 Å². The van der Waals surface area contributed by atoms with Crippen molar-refractivity contribution in [3.63, 3.8) is 0 Å². The van der Waals surface area contributed by atoms with Crippen LogP contribution in [0.2, 0.25) is 0 Å². The van der Waals surface area contributed by atoms with E-state index in [0.29, 0.717) is 41.2 Å². The topological polar surface area (TPSA) is 91.5 Å². The number of aromatic nitrogens is 1. The Morgan fingerprint density at radius 3 is 2.69 bits per heavy atom. The molecule has 136 valence electrons. The molecule has 26 heavy (non-hydrogen) atoms. The van der Waals surface area contributed by atoms with E-state index in [1.165, 1.54) is 7.11 Å². The zero-order valence-corrected chi connectivity index (χ0v) is 15.0. The molecule has 0 spiro atoms. The van der Waals surface area contributed by atoms with Crippen LogP contribution in [0.25, 0.3) is 0 Å². The minimum absolute atomic E-state index is 0.0898. The van der Waals surface area contributed by atoms with Crippen molar-refractivity contribution >= 4 is 29.2 Å². The molecule has 2 N–H and O–H groups in total. The summed E-state index contributed by atoms with van der Waals surface area (Å²) < 4.78 is 4.76. The third-order valence-electron chi connectivity index (χ3n) is 4.54. The quantitative estimate of drug-likeness (QED) is 0.825. The molecule has 1 saturated heterocycles. The number of esters is 1. The standard InChI is InChI=1S/C19H21N3O4/c1-11-16(19(25)26-3)12(2)20-17(11)18(24)21-13-6-4-7-14(10-13)22-9-5-8-15(22)23/h4,6-7,10,20H,5,8-9H2,1-3H3,(H,21,24). The van der Waals surface area contributed by atoms with Gasteiger partial charge in [0.05, 0.1) is 12.7 Å². The summed E-state index contributed by atoms with van der Waals surface area (Å²) in [5, 5.41) is 2.81. The number of aryl methyl sites for hydroxylation is 1. The molecule has 0 atom stereocenters. The van der Waals surface area contributed by atoms with Gasteiger partial charge in [-0.25, -0.2) is 4.79 Å². The lowest BCUT2D eigenvalue weighted by molar-refractivity contribution is -0.117. The molecule has 1 aromatic heterocycles. The molecule has 0 unspecified atom stereocenters. The van der Waals surface area contributed by atoms with Gasteiger partial charge in [0, 0.05) is 30.0 Å². The largest absolute Gasteiger partial charge is 0.465 e. The number of benzene rings is 1. The number of carbonyl (C=O) groups is 3. The maximum absolute atomic E-state index is 12.6. The molecular weight excluding hydrogens is 334 g/mol. The first kappa shape index (κ1) is 17.7. The fraction of sp³-hybridized carbons (Fsp3) is 0.316. The summed E-state index contributed by atoms with van der Waals surface area (Å²) in [4.78, 5) is 41.1. The van der Waals surface area contributed by atoms with Gasteiger partial charge in [-0.15, -0.1) is 0 Å². The zero-order valence-electron chi connectivity index (χ0n) is 15.0. The van der Waals surface area contributed by atoms with Gasteiger partial charge in [-0.1, -0.05) is 6.07 Å². The number of anilines is 2. The minimum atomic E-state index is -0.482. The highest BCUT2D eigenvalue weighted by Gasteiger charge is 2.24. The van der Waals surface area contributed by atoms with Crippen LogP contribution in [-0.4, -0.2) is 36.4 Å². The first-order valence-electron chi connectivity index (χ1n) is 8.41. The number of nitrogens with zero attached hydrogens (tertiary/aromatic N) is 1. The Balaban J connectivity index is 1.83. The molecular formula is C19H21N3O4. The minimum Gasteiger partial charge on any atom is -0.465 e. The molecule has 7 heteroatoms. The molecule has 1 aliphatic heterocycles. The Morgan fingerprint density at radius 1 is 1.27 bits per heavy atom. The van der Waals surface area contributed by atoms with Gasteiger partial charge in [0.1, 0.15) is 5.69 Å². The number of hydrogen-bond acceptors (Lipinski definition) is 4. The van der Waals surface area contributed by atoms with Crippen molar-refractivity contribution in [3.8, 4) is 0 Å². The molecule has 0 radical (unpaired) electrons. The second-order valence-electron chi connectivity index (χ2n) is 6.27. The lowest BCUT2D eigenvalue weighted by atomic mass is 10.1. The average molecular weight is 355 g/mol. The van der Waals surface area contributed by atoms with Gasteiger partial charge in [-0.3, -0.25) is 9.59 Å². The number of amides is 2. The monoisotopic (exact) mass is 355 g/mol. The van der Waals surface area contributed by atoms with E-state index in [2.05, 4.69) is 10.3 Å². The number of nitrogens with one attached hydrogen (secondary N) is 2. The molecule has 1 aromatic carbocycles.